The van der Waals surface area contributed by atoms with E-state index in [2.05, 4.69) is 0 Å². The maximum Gasteiger partial charge on any atom is 0.0788 e. The fraction of sp³-hybridized carbons (Fsp3) is 0.167. The van der Waals surface area contributed by atoms with E-state index < -0.39 is 71.6 Å². The highest BCUT2D eigenvalue weighted by Gasteiger charge is 2.31. The van der Waals surface area contributed by atoms with Crippen LogP contribution >= 0.6 is 0 Å². The first-order valence-corrected chi connectivity index (χ1v) is 3.95. The number of hydrogen-bond acceptors (Lipinski definition) is 2. The van der Waals surface area contributed by atoms with Crippen molar-refractivity contribution < 1.29 is 12.3 Å². The lowest BCUT2D eigenvalue weighted by atomic mass is 9.81. The average molecular weight is 195 g/mol. The number of hydrogen-bond donors (Lipinski definition) is 2. The summed E-state index contributed by atoms with van der Waals surface area (Å²) in [7, 11) is 0. The van der Waals surface area contributed by atoms with E-state index in [-0.39, 0.29) is 0 Å². The summed E-state index contributed by atoms with van der Waals surface area (Å²) in [6.07, 6.45) is 0. The lowest BCUT2D eigenvalue weighted by Crippen LogP contribution is -2.50. The molecule has 2 atom stereocenters. The Morgan fingerprint density at radius 3 is 2.64 bits per heavy atom. The van der Waals surface area contributed by atoms with E-state index >= 15 is 0 Å². The third-order valence-electron chi connectivity index (χ3n) is 1.96. The maximum absolute atomic E-state index is 8.02. The molecule has 0 spiro atoms. The van der Waals surface area contributed by atoms with E-state index in [1.54, 1.807) is 0 Å². The Morgan fingerprint density at radius 1 is 1.21 bits per heavy atom. The molecule has 2 rings (SSSR count). The van der Waals surface area contributed by atoms with Gasteiger partial charge in [0, 0.05) is 6.04 Å². The molecule has 0 aromatic heterocycles. The number of allylic oxidation sites excluding steroid dienone is 2. The SMILES string of the molecule is [2H]C1=C([2H])C(N)C(N)(c2c([2H])c([2H])c([2H])c([2H])c2[2H])C([2H])=C1[2H]. The van der Waals surface area contributed by atoms with Crippen LogP contribution in [0.2, 0.25) is 0 Å². The number of rotatable bonds is 1. The molecule has 2 nitrogen and oxygen atoms in total. The summed E-state index contributed by atoms with van der Waals surface area (Å²) < 4.78 is 70.0. The lowest BCUT2D eigenvalue weighted by Gasteiger charge is -2.32. The van der Waals surface area contributed by atoms with Gasteiger partial charge in [0.15, 0.2) is 0 Å². The molecule has 14 heavy (non-hydrogen) atoms. The van der Waals surface area contributed by atoms with Gasteiger partial charge in [-0.1, -0.05) is 54.4 Å². The van der Waals surface area contributed by atoms with Crippen LogP contribution in [-0.2, 0) is 5.54 Å². The zero-order valence-electron chi connectivity index (χ0n) is 16.2. The molecule has 0 heterocycles. The smallest absolute Gasteiger partial charge is 0.0788 e. The minimum Gasteiger partial charge on any atom is -0.322 e. The number of benzene rings is 1. The Hall–Kier alpha value is -1.38. The molecule has 0 fully saturated rings. The molecule has 0 saturated heterocycles. The summed E-state index contributed by atoms with van der Waals surface area (Å²) >= 11 is 0. The molecule has 0 bridgehead atoms. The van der Waals surface area contributed by atoms with Gasteiger partial charge in [0.2, 0.25) is 0 Å². The third-order valence-corrected chi connectivity index (χ3v) is 1.96. The lowest BCUT2D eigenvalue weighted by molar-refractivity contribution is 0.492. The monoisotopic (exact) mass is 195 g/mol. The molecule has 2 unspecified atom stereocenters. The minimum absolute atomic E-state index is 0.456. The van der Waals surface area contributed by atoms with Crippen LogP contribution in [0.25, 0.3) is 0 Å². The molecular weight excluding hydrogens is 172 g/mol. The van der Waals surface area contributed by atoms with E-state index in [0.29, 0.717) is 0 Å². The van der Waals surface area contributed by atoms with Crippen molar-refractivity contribution in [3.8, 4) is 0 Å². The van der Waals surface area contributed by atoms with Gasteiger partial charge in [-0.15, -0.1) is 0 Å². The van der Waals surface area contributed by atoms with Crippen molar-refractivity contribution in [3.63, 3.8) is 0 Å². The average Bonchev–Trinajstić information content (AvgIpc) is 2.53. The van der Waals surface area contributed by atoms with Gasteiger partial charge in [-0.25, -0.2) is 0 Å². The van der Waals surface area contributed by atoms with E-state index in [9.17, 15) is 0 Å². The summed E-state index contributed by atoms with van der Waals surface area (Å²) in [6, 6.07) is -7.12. The zero-order chi connectivity index (χ0) is 17.9. The van der Waals surface area contributed by atoms with Gasteiger partial charge >= 0.3 is 0 Å². The van der Waals surface area contributed by atoms with Crippen molar-refractivity contribution in [1.82, 2.24) is 0 Å². The van der Waals surface area contributed by atoms with Crippen molar-refractivity contribution in [2.45, 2.75) is 11.6 Å². The van der Waals surface area contributed by atoms with Crippen molar-refractivity contribution in [2.24, 2.45) is 11.5 Å². The Morgan fingerprint density at radius 2 is 1.93 bits per heavy atom. The summed E-state index contributed by atoms with van der Waals surface area (Å²) in [5, 5.41) is 0. The maximum atomic E-state index is 8.02. The first-order chi connectivity index (χ1) is 10.5. The van der Waals surface area contributed by atoms with Crippen LogP contribution < -0.4 is 11.5 Å². The van der Waals surface area contributed by atoms with Gasteiger partial charge in [-0.05, 0) is 5.56 Å². The number of nitrogens with two attached hydrogens (primary N) is 2. The second kappa shape index (κ2) is 3.40. The van der Waals surface area contributed by atoms with E-state index in [0.717, 1.165) is 0 Å². The van der Waals surface area contributed by atoms with Crippen molar-refractivity contribution in [2.75, 3.05) is 0 Å². The second-order valence-electron chi connectivity index (χ2n) is 2.87. The Labute approximate surface area is 96.6 Å². The molecule has 1 aromatic carbocycles. The van der Waals surface area contributed by atoms with Crippen molar-refractivity contribution in [1.29, 1.82) is 0 Å². The zero-order valence-corrected chi connectivity index (χ0v) is 7.23. The molecule has 1 aromatic rings. The Kier molecular flexibility index (Phi) is 0.810. The van der Waals surface area contributed by atoms with Crippen molar-refractivity contribution in [3.05, 3.63) is 60.0 Å². The standard InChI is InChI=1S/C12H14N2/c13-11-8-4-5-9-12(11,14)10-6-2-1-3-7-10/h1-9,11H,13-14H2/i1D,2D,3D,4D,5D,6D,7D,8D,9D. The van der Waals surface area contributed by atoms with Crippen LogP contribution in [0.4, 0.5) is 0 Å². The van der Waals surface area contributed by atoms with Crippen LogP contribution in [-0.4, -0.2) is 6.04 Å². The highest BCUT2D eigenvalue weighted by atomic mass is 14.8. The van der Waals surface area contributed by atoms with Crippen LogP contribution in [0.1, 0.15) is 17.9 Å². The predicted octanol–water partition coefficient (Wildman–Crippen LogP) is 1.29. The van der Waals surface area contributed by atoms with Gasteiger partial charge in [-0.3, -0.25) is 0 Å². The first kappa shape index (κ1) is 3.33. The summed E-state index contributed by atoms with van der Waals surface area (Å²) in [5.74, 6) is 0. The highest BCUT2D eigenvalue weighted by Crippen LogP contribution is 2.25. The second-order valence-corrected chi connectivity index (χ2v) is 2.87. The molecule has 0 amide bonds. The molecule has 4 N–H and O–H groups in total. The van der Waals surface area contributed by atoms with Crippen LogP contribution in [0.5, 0.6) is 0 Å². The largest absolute Gasteiger partial charge is 0.322 e. The molecule has 2 heteroatoms. The molecule has 0 saturated carbocycles. The van der Waals surface area contributed by atoms with Gasteiger partial charge in [-0.2, -0.15) is 0 Å². The molecule has 1 aliphatic carbocycles. The van der Waals surface area contributed by atoms with Gasteiger partial charge in [0.25, 0.3) is 0 Å². The summed E-state index contributed by atoms with van der Waals surface area (Å²) in [4.78, 5) is 0. The molecule has 0 aliphatic heterocycles. The van der Waals surface area contributed by atoms with Crippen LogP contribution in [0, 0.1) is 0 Å². The normalized spacial score (nSPS) is 42.4. The van der Waals surface area contributed by atoms with Crippen molar-refractivity contribution >= 4 is 0 Å². The van der Waals surface area contributed by atoms with Gasteiger partial charge < -0.3 is 11.5 Å². The van der Waals surface area contributed by atoms with E-state index in [1.807, 2.05) is 0 Å². The fourth-order valence-corrected chi connectivity index (χ4v) is 1.11. The minimum atomic E-state index is -2.16. The van der Waals surface area contributed by atoms with E-state index in [1.165, 1.54) is 0 Å². The molecule has 0 radical (unpaired) electrons. The summed E-state index contributed by atoms with van der Waals surface area (Å²) in [5.41, 5.74) is 9.33. The quantitative estimate of drug-likeness (QED) is 0.709. The first-order valence-electron chi connectivity index (χ1n) is 8.45. The van der Waals surface area contributed by atoms with Gasteiger partial charge in [0.1, 0.15) is 0 Å². The molecule has 72 valence electrons. The third kappa shape index (κ3) is 1.39. The highest BCUT2D eigenvalue weighted by molar-refractivity contribution is 5.37. The topological polar surface area (TPSA) is 52.0 Å². The summed E-state index contributed by atoms with van der Waals surface area (Å²) in [6.45, 7) is 0. The van der Waals surface area contributed by atoms with Gasteiger partial charge in [0.05, 0.1) is 17.9 Å². The Bertz CT molecular complexity index is 741. The van der Waals surface area contributed by atoms with E-state index in [4.69, 9.17) is 23.8 Å². The predicted molar refractivity (Wildman–Crippen MR) is 58.6 cm³/mol. The van der Waals surface area contributed by atoms with Crippen LogP contribution in [0.3, 0.4) is 0 Å². The molecule has 1 aliphatic rings. The Balaban J connectivity index is 2.92. The fourth-order valence-electron chi connectivity index (χ4n) is 1.11. The molecular formula is C12H14N2. The van der Waals surface area contributed by atoms with Crippen LogP contribution in [0.15, 0.2) is 54.4 Å².